The van der Waals surface area contributed by atoms with Crippen LogP contribution in [0, 0.1) is 5.92 Å². The summed E-state index contributed by atoms with van der Waals surface area (Å²) in [6.07, 6.45) is 2.90. The Kier molecular flexibility index (Phi) is 7.31. The Bertz CT molecular complexity index is 1060. The van der Waals surface area contributed by atoms with E-state index in [4.69, 9.17) is 4.74 Å². The molecule has 8 nitrogen and oxygen atoms in total. The van der Waals surface area contributed by atoms with Crippen molar-refractivity contribution in [2.45, 2.75) is 37.5 Å². The number of benzene rings is 1. The van der Waals surface area contributed by atoms with E-state index in [9.17, 15) is 13.2 Å². The van der Waals surface area contributed by atoms with Crippen molar-refractivity contribution in [3.05, 3.63) is 48.2 Å². The number of sulfonamides is 1. The number of hydrogen-bond donors (Lipinski definition) is 1. The lowest BCUT2D eigenvalue weighted by atomic mass is 9.95. The van der Waals surface area contributed by atoms with Crippen LogP contribution >= 0.6 is 0 Å². The molecule has 1 amide bonds. The number of nitrogens with one attached hydrogen (secondary N) is 1. The smallest absolute Gasteiger partial charge is 0.246 e. The number of ether oxygens (including phenoxy) is 1. The molecule has 0 aliphatic carbocycles. The zero-order chi connectivity index (χ0) is 23.4. The quantitative estimate of drug-likeness (QED) is 0.695. The molecule has 1 aromatic carbocycles. The van der Waals surface area contributed by atoms with Gasteiger partial charge in [0.05, 0.1) is 13.2 Å². The number of rotatable bonds is 6. The molecule has 2 fully saturated rings. The Morgan fingerprint density at radius 2 is 1.73 bits per heavy atom. The predicted molar refractivity (Wildman–Crippen MR) is 128 cm³/mol. The molecule has 1 N–H and O–H groups in total. The van der Waals surface area contributed by atoms with Crippen LogP contribution in [0.1, 0.15) is 38.2 Å². The predicted octanol–water partition coefficient (Wildman–Crippen LogP) is 3.08. The molecule has 0 radical (unpaired) electrons. The van der Waals surface area contributed by atoms with Crippen LogP contribution < -0.4 is 10.2 Å². The summed E-state index contributed by atoms with van der Waals surface area (Å²) in [5.74, 6) is 0.804. The van der Waals surface area contributed by atoms with E-state index in [1.807, 2.05) is 29.2 Å². The van der Waals surface area contributed by atoms with Crippen LogP contribution in [-0.4, -0.2) is 63.0 Å². The van der Waals surface area contributed by atoms with Gasteiger partial charge in [0, 0.05) is 44.0 Å². The molecule has 0 saturated carbocycles. The molecule has 178 valence electrons. The van der Waals surface area contributed by atoms with Gasteiger partial charge in [-0.2, -0.15) is 4.31 Å². The average molecular weight is 473 g/mol. The van der Waals surface area contributed by atoms with Gasteiger partial charge in [0.25, 0.3) is 0 Å². The van der Waals surface area contributed by atoms with E-state index in [1.54, 1.807) is 18.3 Å². The number of piperidine rings is 1. The van der Waals surface area contributed by atoms with Gasteiger partial charge in [0.2, 0.25) is 15.9 Å². The molecule has 0 spiro atoms. The van der Waals surface area contributed by atoms with Crippen molar-refractivity contribution in [1.29, 1.82) is 0 Å². The first-order valence-corrected chi connectivity index (χ1v) is 13.0. The van der Waals surface area contributed by atoms with Crippen LogP contribution in [0.5, 0.6) is 0 Å². The van der Waals surface area contributed by atoms with Crippen LogP contribution in [-0.2, 0) is 19.6 Å². The van der Waals surface area contributed by atoms with Crippen molar-refractivity contribution >= 4 is 27.4 Å². The van der Waals surface area contributed by atoms with Gasteiger partial charge >= 0.3 is 0 Å². The Morgan fingerprint density at radius 1 is 1.06 bits per heavy atom. The molecular weight excluding hydrogens is 440 g/mol. The van der Waals surface area contributed by atoms with Crippen LogP contribution in [0.3, 0.4) is 0 Å². The van der Waals surface area contributed by atoms with E-state index >= 15 is 0 Å². The maximum Gasteiger partial charge on any atom is 0.246 e. The summed E-state index contributed by atoms with van der Waals surface area (Å²) in [7, 11) is -3.65. The van der Waals surface area contributed by atoms with Gasteiger partial charge in [-0.3, -0.25) is 4.79 Å². The van der Waals surface area contributed by atoms with E-state index in [0.29, 0.717) is 64.0 Å². The highest BCUT2D eigenvalue weighted by molar-refractivity contribution is 7.89. The topological polar surface area (TPSA) is 91.8 Å². The molecule has 0 bridgehead atoms. The van der Waals surface area contributed by atoms with Gasteiger partial charge < -0.3 is 15.0 Å². The molecule has 2 aliphatic rings. The first kappa shape index (κ1) is 23.7. The molecule has 0 atom stereocenters. The summed E-state index contributed by atoms with van der Waals surface area (Å²) in [5.41, 5.74) is 2.04. The zero-order valence-electron chi connectivity index (χ0n) is 19.2. The van der Waals surface area contributed by atoms with Gasteiger partial charge in [0.15, 0.2) is 0 Å². The highest BCUT2D eigenvalue weighted by Gasteiger charge is 2.33. The zero-order valence-corrected chi connectivity index (χ0v) is 20.1. The summed E-state index contributed by atoms with van der Waals surface area (Å²) < 4.78 is 33.2. The van der Waals surface area contributed by atoms with Crippen molar-refractivity contribution in [2.75, 3.05) is 49.6 Å². The summed E-state index contributed by atoms with van der Waals surface area (Å²) in [6.45, 7) is 6.92. The molecule has 0 unspecified atom stereocenters. The largest absolute Gasteiger partial charge is 0.379 e. The molecular formula is C24H32N4O4S. The number of nitrogens with zero attached hydrogens (tertiary/aromatic N) is 3. The van der Waals surface area contributed by atoms with Gasteiger partial charge in [-0.15, -0.1) is 0 Å². The van der Waals surface area contributed by atoms with E-state index < -0.39 is 10.0 Å². The standard InChI is InChI=1S/C24H32N4O4S/c1-18(2)19-5-7-21(8-6-19)26-24(29)20-9-12-27(13-10-20)23-22(4-3-11-25-23)33(30,31)28-14-16-32-17-15-28/h3-8,11,18,20H,9-10,12-17H2,1-2H3,(H,26,29). The Labute approximate surface area is 196 Å². The first-order chi connectivity index (χ1) is 15.9. The molecule has 4 rings (SSSR count). The second-order valence-electron chi connectivity index (χ2n) is 8.87. The van der Waals surface area contributed by atoms with Crippen LogP contribution in [0.25, 0.3) is 0 Å². The van der Waals surface area contributed by atoms with Gasteiger partial charge in [0.1, 0.15) is 10.7 Å². The van der Waals surface area contributed by atoms with Crippen molar-refractivity contribution in [2.24, 2.45) is 5.92 Å². The third-order valence-corrected chi connectivity index (χ3v) is 8.27. The molecule has 1 aromatic heterocycles. The lowest BCUT2D eigenvalue weighted by Crippen LogP contribution is -2.42. The SMILES string of the molecule is CC(C)c1ccc(NC(=O)C2CCN(c3ncccc3S(=O)(=O)N3CCOCC3)CC2)cc1. The van der Waals surface area contributed by atoms with Gasteiger partial charge in [-0.25, -0.2) is 13.4 Å². The third kappa shape index (κ3) is 5.37. The molecule has 33 heavy (non-hydrogen) atoms. The minimum atomic E-state index is -3.65. The molecule has 2 aliphatic heterocycles. The van der Waals surface area contributed by atoms with Crippen molar-refractivity contribution in [3.8, 4) is 0 Å². The van der Waals surface area contributed by atoms with Crippen molar-refractivity contribution in [3.63, 3.8) is 0 Å². The maximum atomic E-state index is 13.2. The fourth-order valence-electron chi connectivity index (χ4n) is 4.30. The van der Waals surface area contributed by atoms with Crippen LogP contribution in [0.2, 0.25) is 0 Å². The van der Waals surface area contributed by atoms with Gasteiger partial charge in [-0.1, -0.05) is 26.0 Å². The van der Waals surface area contributed by atoms with E-state index in [0.717, 1.165) is 5.69 Å². The lowest BCUT2D eigenvalue weighted by Gasteiger charge is -2.34. The fraction of sp³-hybridized carbons (Fsp3) is 0.500. The minimum Gasteiger partial charge on any atom is -0.379 e. The number of anilines is 2. The Morgan fingerprint density at radius 3 is 2.36 bits per heavy atom. The molecule has 3 heterocycles. The number of pyridine rings is 1. The summed E-state index contributed by atoms with van der Waals surface area (Å²) in [4.78, 5) is 19.4. The van der Waals surface area contributed by atoms with Crippen LogP contribution in [0.4, 0.5) is 11.5 Å². The summed E-state index contributed by atoms with van der Waals surface area (Å²) in [5, 5.41) is 3.02. The number of carbonyl (C=O) groups excluding carboxylic acids is 1. The minimum absolute atomic E-state index is 0.00845. The van der Waals surface area contributed by atoms with Gasteiger partial charge in [-0.05, 0) is 48.6 Å². The van der Waals surface area contributed by atoms with E-state index in [1.165, 1.54) is 9.87 Å². The number of aromatic nitrogens is 1. The summed E-state index contributed by atoms with van der Waals surface area (Å²) >= 11 is 0. The third-order valence-electron chi connectivity index (χ3n) is 6.35. The van der Waals surface area contributed by atoms with Crippen molar-refractivity contribution in [1.82, 2.24) is 9.29 Å². The number of morpholine rings is 1. The molecule has 2 aromatic rings. The second kappa shape index (κ2) is 10.2. The number of carbonyl (C=O) groups is 1. The maximum absolute atomic E-state index is 13.2. The molecule has 9 heteroatoms. The molecule has 2 saturated heterocycles. The van der Waals surface area contributed by atoms with E-state index in [-0.39, 0.29) is 16.7 Å². The Balaban J connectivity index is 1.40. The van der Waals surface area contributed by atoms with Crippen LogP contribution in [0.15, 0.2) is 47.5 Å². The van der Waals surface area contributed by atoms with E-state index in [2.05, 4.69) is 24.1 Å². The summed E-state index contributed by atoms with van der Waals surface area (Å²) in [6, 6.07) is 11.2. The lowest BCUT2D eigenvalue weighted by molar-refractivity contribution is -0.120. The average Bonchev–Trinajstić information content (AvgIpc) is 2.85. The normalized spacial score (nSPS) is 18.5. The van der Waals surface area contributed by atoms with Crippen molar-refractivity contribution < 1.29 is 17.9 Å². The number of amides is 1. The second-order valence-corrected chi connectivity index (χ2v) is 10.8. The monoisotopic (exact) mass is 472 g/mol. The fourth-order valence-corrected chi connectivity index (χ4v) is 5.87. The Hall–Kier alpha value is -2.49. The number of hydrogen-bond acceptors (Lipinski definition) is 6. The highest BCUT2D eigenvalue weighted by atomic mass is 32.2. The highest BCUT2D eigenvalue weighted by Crippen LogP contribution is 2.30. The first-order valence-electron chi connectivity index (χ1n) is 11.5.